The minimum absolute atomic E-state index is 0.317. The maximum atomic E-state index is 13.4. The Kier molecular flexibility index (Phi) is 3.93. The molecule has 1 rings (SSSR count). The molecule has 92 valence electrons. The number of nitrogens with zero attached hydrogens (tertiary/aromatic N) is 4. The van der Waals surface area contributed by atoms with Crippen molar-refractivity contribution in [3.05, 3.63) is 39.3 Å². The number of rotatable bonds is 3. The Morgan fingerprint density at radius 3 is 1.88 bits per heavy atom. The molecule has 0 bridgehead atoms. The van der Waals surface area contributed by atoms with Crippen LogP contribution in [0.3, 0.4) is 0 Å². The zero-order valence-electron chi connectivity index (χ0n) is 9.01. The average Bonchev–Trinajstić information content (AvgIpc) is 2.27. The molecule has 1 aromatic carbocycles. The number of hydrogen-bond acceptors (Lipinski definition) is 2. The molecule has 0 spiro atoms. The summed E-state index contributed by atoms with van der Waals surface area (Å²) in [6, 6.07) is 0. The molecule has 0 N–H and O–H groups in total. The van der Waals surface area contributed by atoms with E-state index >= 15 is 0 Å². The predicted octanol–water partition coefficient (Wildman–Crippen LogP) is 3.25. The van der Waals surface area contributed by atoms with Gasteiger partial charge in [0.2, 0.25) is 0 Å². The van der Waals surface area contributed by atoms with Crippen LogP contribution in [-0.2, 0) is 6.54 Å². The topological polar surface area (TPSA) is 52.0 Å². The number of benzene rings is 1. The summed E-state index contributed by atoms with van der Waals surface area (Å²) in [4.78, 5) is 3.44. The van der Waals surface area contributed by atoms with Gasteiger partial charge in [-0.15, -0.1) is 0 Å². The molecule has 4 nitrogen and oxygen atoms in total. The van der Waals surface area contributed by atoms with Crippen molar-refractivity contribution >= 4 is 5.69 Å². The van der Waals surface area contributed by atoms with Crippen LogP contribution in [0.15, 0.2) is 5.11 Å². The largest absolute Gasteiger partial charge is 0.305 e. The molecule has 0 saturated carbocycles. The highest BCUT2D eigenvalue weighted by Gasteiger charge is 2.24. The molecular formula is C9H8F4N4. The van der Waals surface area contributed by atoms with Crippen molar-refractivity contribution in [1.29, 1.82) is 0 Å². The van der Waals surface area contributed by atoms with Crippen LogP contribution in [-0.4, -0.2) is 19.0 Å². The zero-order chi connectivity index (χ0) is 13.2. The fraction of sp³-hybridized carbons (Fsp3) is 0.333. The van der Waals surface area contributed by atoms with Gasteiger partial charge in [0.15, 0.2) is 23.3 Å². The Morgan fingerprint density at radius 2 is 1.53 bits per heavy atom. The third kappa shape index (κ3) is 2.48. The summed E-state index contributed by atoms with van der Waals surface area (Å²) < 4.78 is 53.3. The van der Waals surface area contributed by atoms with Crippen LogP contribution < -0.4 is 0 Å². The van der Waals surface area contributed by atoms with Gasteiger partial charge in [-0.05, 0) is 19.6 Å². The molecule has 0 saturated heterocycles. The normalized spacial score (nSPS) is 10.5. The Hall–Kier alpha value is -1.79. The van der Waals surface area contributed by atoms with Gasteiger partial charge in [0.1, 0.15) is 5.69 Å². The predicted molar refractivity (Wildman–Crippen MR) is 52.5 cm³/mol. The van der Waals surface area contributed by atoms with Gasteiger partial charge < -0.3 is 4.90 Å². The maximum absolute atomic E-state index is 13.4. The minimum atomic E-state index is -1.70. The van der Waals surface area contributed by atoms with E-state index in [1.807, 2.05) is 0 Å². The fourth-order valence-corrected chi connectivity index (χ4v) is 1.25. The third-order valence-corrected chi connectivity index (χ3v) is 1.95. The van der Waals surface area contributed by atoms with Gasteiger partial charge in [0.25, 0.3) is 0 Å². The number of azide groups is 1. The summed E-state index contributed by atoms with van der Waals surface area (Å²) in [5.74, 6) is -6.50. The van der Waals surface area contributed by atoms with E-state index in [2.05, 4.69) is 10.0 Å². The molecular weight excluding hydrogens is 240 g/mol. The van der Waals surface area contributed by atoms with Crippen molar-refractivity contribution in [3.63, 3.8) is 0 Å². The average molecular weight is 248 g/mol. The van der Waals surface area contributed by atoms with E-state index in [4.69, 9.17) is 5.53 Å². The van der Waals surface area contributed by atoms with Crippen LogP contribution in [0.1, 0.15) is 5.56 Å². The van der Waals surface area contributed by atoms with Gasteiger partial charge in [0.05, 0.1) is 0 Å². The Labute approximate surface area is 94.1 Å². The zero-order valence-corrected chi connectivity index (χ0v) is 9.01. The molecule has 0 fully saturated rings. The molecule has 0 aromatic heterocycles. The van der Waals surface area contributed by atoms with Gasteiger partial charge >= 0.3 is 0 Å². The number of halogens is 4. The molecule has 8 heteroatoms. The quantitative estimate of drug-likeness (QED) is 0.266. The van der Waals surface area contributed by atoms with E-state index in [9.17, 15) is 17.6 Å². The highest BCUT2D eigenvalue weighted by molar-refractivity contribution is 5.44. The first-order chi connectivity index (χ1) is 7.90. The van der Waals surface area contributed by atoms with E-state index in [0.717, 1.165) is 0 Å². The van der Waals surface area contributed by atoms with Gasteiger partial charge in [-0.3, -0.25) is 0 Å². The fourth-order valence-electron chi connectivity index (χ4n) is 1.25. The minimum Gasteiger partial charge on any atom is -0.305 e. The third-order valence-electron chi connectivity index (χ3n) is 1.95. The Morgan fingerprint density at radius 1 is 1.06 bits per heavy atom. The van der Waals surface area contributed by atoms with Crippen LogP contribution in [0.4, 0.5) is 23.2 Å². The van der Waals surface area contributed by atoms with E-state index in [1.165, 1.54) is 19.0 Å². The molecule has 0 aliphatic rings. The summed E-state index contributed by atoms with van der Waals surface area (Å²) in [6.07, 6.45) is 0. The maximum Gasteiger partial charge on any atom is 0.171 e. The van der Waals surface area contributed by atoms with Crippen LogP contribution in [0, 0.1) is 23.3 Å². The standard InChI is InChI=1S/C9H8F4N4/c1-17(2)3-4-5(10)7(12)9(15-16-14)8(13)6(4)11/h3H2,1-2H3. The molecule has 0 unspecified atom stereocenters. The molecule has 0 atom stereocenters. The van der Waals surface area contributed by atoms with E-state index < -0.39 is 34.5 Å². The summed E-state index contributed by atoms with van der Waals surface area (Å²) in [6.45, 7) is -0.317. The van der Waals surface area contributed by atoms with Crippen molar-refractivity contribution in [2.24, 2.45) is 5.11 Å². The highest BCUT2D eigenvalue weighted by Crippen LogP contribution is 2.30. The van der Waals surface area contributed by atoms with Gasteiger partial charge in [-0.1, -0.05) is 5.11 Å². The monoisotopic (exact) mass is 248 g/mol. The van der Waals surface area contributed by atoms with Crippen molar-refractivity contribution in [2.75, 3.05) is 14.1 Å². The lowest BCUT2D eigenvalue weighted by molar-refractivity contribution is 0.363. The lowest BCUT2D eigenvalue weighted by Crippen LogP contribution is -2.15. The van der Waals surface area contributed by atoms with Gasteiger partial charge in [-0.2, -0.15) is 0 Å². The second kappa shape index (κ2) is 5.03. The van der Waals surface area contributed by atoms with E-state index in [-0.39, 0.29) is 6.54 Å². The first-order valence-electron chi connectivity index (χ1n) is 4.44. The first kappa shape index (κ1) is 13.3. The van der Waals surface area contributed by atoms with Crippen molar-refractivity contribution in [1.82, 2.24) is 4.90 Å². The lowest BCUT2D eigenvalue weighted by Gasteiger charge is -2.13. The molecule has 0 radical (unpaired) electrons. The second-order valence-electron chi connectivity index (χ2n) is 3.51. The second-order valence-corrected chi connectivity index (χ2v) is 3.51. The van der Waals surface area contributed by atoms with Crippen LogP contribution in [0.5, 0.6) is 0 Å². The molecule has 0 aliphatic heterocycles. The van der Waals surface area contributed by atoms with Crippen LogP contribution in [0.25, 0.3) is 10.4 Å². The van der Waals surface area contributed by atoms with Gasteiger partial charge in [0, 0.05) is 17.0 Å². The van der Waals surface area contributed by atoms with Crippen molar-refractivity contribution in [2.45, 2.75) is 6.54 Å². The molecule has 17 heavy (non-hydrogen) atoms. The van der Waals surface area contributed by atoms with Crippen molar-refractivity contribution in [3.8, 4) is 0 Å². The SMILES string of the molecule is CN(C)Cc1c(F)c(F)c(N=[N+]=[N-])c(F)c1F. The first-order valence-corrected chi connectivity index (χ1v) is 4.44. The molecule has 0 heterocycles. The highest BCUT2D eigenvalue weighted by atomic mass is 19.2. The summed E-state index contributed by atoms with van der Waals surface area (Å²) in [5, 5.41) is 2.58. The summed E-state index contributed by atoms with van der Waals surface area (Å²) in [5.41, 5.74) is 5.99. The van der Waals surface area contributed by atoms with Crippen LogP contribution in [0.2, 0.25) is 0 Å². The Bertz CT molecular complexity index is 465. The molecule has 0 amide bonds. The van der Waals surface area contributed by atoms with Crippen molar-refractivity contribution < 1.29 is 17.6 Å². The van der Waals surface area contributed by atoms with Gasteiger partial charge in [-0.25, -0.2) is 17.6 Å². The number of hydrogen-bond donors (Lipinski definition) is 0. The lowest BCUT2D eigenvalue weighted by atomic mass is 10.1. The Balaban J connectivity index is 3.52. The smallest absolute Gasteiger partial charge is 0.171 e. The van der Waals surface area contributed by atoms with Crippen LogP contribution >= 0.6 is 0 Å². The van der Waals surface area contributed by atoms with E-state index in [1.54, 1.807) is 0 Å². The summed E-state index contributed by atoms with van der Waals surface area (Å²) in [7, 11) is 2.96. The van der Waals surface area contributed by atoms with E-state index in [0.29, 0.717) is 0 Å². The summed E-state index contributed by atoms with van der Waals surface area (Å²) >= 11 is 0. The molecule has 0 aliphatic carbocycles. The molecule has 1 aromatic rings.